The van der Waals surface area contributed by atoms with Gasteiger partial charge in [0.25, 0.3) is 0 Å². The number of pyridine rings is 1. The van der Waals surface area contributed by atoms with E-state index in [-0.39, 0.29) is 11.9 Å². The number of carbonyl (C=O) groups is 1. The Morgan fingerprint density at radius 3 is 2.81 bits per heavy atom. The molecule has 1 aromatic heterocycles. The highest BCUT2D eigenvalue weighted by Gasteiger charge is 2.32. The van der Waals surface area contributed by atoms with Gasteiger partial charge in [-0.1, -0.05) is 13.8 Å². The van der Waals surface area contributed by atoms with Gasteiger partial charge in [-0.15, -0.1) is 0 Å². The lowest BCUT2D eigenvalue weighted by molar-refractivity contribution is -0.117. The number of nitrogens with zero attached hydrogens (tertiary/aromatic N) is 2. The summed E-state index contributed by atoms with van der Waals surface area (Å²) in [6.45, 7) is 4.20. The fourth-order valence-corrected chi connectivity index (χ4v) is 1.88. The van der Waals surface area contributed by atoms with E-state index >= 15 is 0 Å². The molecule has 1 atom stereocenters. The summed E-state index contributed by atoms with van der Waals surface area (Å²) in [5.74, 6) is 1.16. The van der Waals surface area contributed by atoms with Crippen molar-refractivity contribution in [3.8, 4) is 0 Å². The Labute approximate surface area is 103 Å². The third-order valence-corrected chi connectivity index (χ3v) is 3.15. The summed E-state index contributed by atoms with van der Waals surface area (Å²) in [5.41, 5.74) is 3.18. The van der Waals surface area contributed by atoms with Crippen LogP contribution in [0.3, 0.4) is 0 Å². The minimum Gasteiger partial charge on any atom is -0.273 e. The minimum atomic E-state index is 0.0773. The number of hydrogen-bond donors (Lipinski definition) is 1. The first-order valence-electron chi connectivity index (χ1n) is 5.28. The van der Waals surface area contributed by atoms with Crippen LogP contribution in [-0.2, 0) is 4.79 Å². The molecule has 1 aliphatic heterocycles. The smallest absolute Gasteiger partial charge is 0.244 e. The molecule has 0 aliphatic carbocycles. The van der Waals surface area contributed by atoms with Gasteiger partial charge in [-0.2, -0.15) is 0 Å². The summed E-state index contributed by atoms with van der Waals surface area (Å²) in [6.07, 6.45) is 2.22. The Bertz CT molecular complexity index is 391. The quantitative estimate of drug-likeness (QED) is 0.904. The molecular formula is C11H14BrN3O. The maximum atomic E-state index is 11.8. The van der Waals surface area contributed by atoms with E-state index in [0.29, 0.717) is 18.2 Å². The third kappa shape index (κ3) is 2.25. The number of aromatic nitrogens is 1. The number of halogens is 1. The zero-order chi connectivity index (χ0) is 11.7. The molecule has 5 heteroatoms. The van der Waals surface area contributed by atoms with Gasteiger partial charge in [0.2, 0.25) is 5.91 Å². The predicted octanol–water partition coefficient (Wildman–Crippen LogP) is 2.11. The van der Waals surface area contributed by atoms with Crippen LogP contribution in [0.1, 0.15) is 20.3 Å². The molecule has 0 radical (unpaired) electrons. The van der Waals surface area contributed by atoms with E-state index in [9.17, 15) is 4.79 Å². The molecule has 1 fully saturated rings. The van der Waals surface area contributed by atoms with E-state index in [0.717, 1.165) is 4.47 Å². The van der Waals surface area contributed by atoms with Crippen LogP contribution in [0.4, 0.5) is 5.82 Å². The number of anilines is 1. The highest BCUT2D eigenvalue weighted by atomic mass is 79.9. The predicted molar refractivity (Wildman–Crippen MR) is 65.8 cm³/mol. The summed E-state index contributed by atoms with van der Waals surface area (Å²) in [4.78, 5) is 16.0. The lowest BCUT2D eigenvalue weighted by Crippen LogP contribution is -2.39. The van der Waals surface area contributed by atoms with Gasteiger partial charge in [0.05, 0.1) is 0 Å². The van der Waals surface area contributed by atoms with E-state index in [1.165, 1.54) is 5.01 Å². The first-order valence-corrected chi connectivity index (χ1v) is 6.08. The van der Waals surface area contributed by atoms with Crippen LogP contribution in [0.15, 0.2) is 22.8 Å². The van der Waals surface area contributed by atoms with E-state index in [1.54, 1.807) is 6.20 Å². The lowest BCUT2D eigenvalue weighted by Gasteiger charge is -2.18. The second-order valence-corrected chi connectivity index (χ2v) is 5.16. The number of nitrogens with one attached hydrogen (secondary N) is 1. The summed E-state index contributed by atoms with van der Waals surface area (Å²) in [5, 5.41) is 1.54. The van der Waals surface area contributed by atoms with E-state index < -0.39 is 0 Å². The number of amides is 1. The Hall–Kier alpha value is -0.940. The van der Waals surface area contributed by atoms with Gasteiger partial charge < -0.3 is 0 Å². The number of hydrogen-bond acceptors (Lipinski definition) is 3. The van der Waals surface area contributed by atoms with Crippen LogP contribution >= 0.6 is 15.9 Å². The Morgan fingerprint density at radius 1 is 1.56 bits per heavy atom. The maximum absolute atomic E-state index is 11.8. The molecule has 1 aromatic rings. The van der Waals surface area contributed by atoms with Crippen molar-refractivity contribution < 1.29 is 4.79 Å². The van der Waals surface area contributed by atoms with Crippen molar-refractivity contribution in [3.63, 3.8) is 0 Å². The van der Waals surface area contributed by atoms with Crippen LogP contribution in [0.25, 0.3) is 0 Å². The number of carbonyl (C=O) groups excluding carboxylic acids is 1. The van der Waals surface area contributed by atoms with Crippen molar-refractivity contribution in [2.45, 2.75) is 26.3 Å². The van der Waals surface area contributed by atoms with Crippen molar-refractivity contribution in [3.05, 3.63) is 22.8 Å². The minimum absolute atomic E-state index is 0.0773. The van der Waals surface area contributed by atoms with Crippen molar-refractivity contribution in [1.82, 2.24) is 10.4 Å². The average Bonchev–Trinajstić information content (AvgIpc) is 2.62. The van der Waals surface area contributed by atoms with Gasteiger partial charge in [-0.25, -0.2) is 15.4 Å². The fraction of sp³-hybridized carbons (Fsp3) is 0.455. The van der Waals surface area contributed by atoms with Crippen molar-refractivity contribution in [2.75, 3.05) is 5.01 Å². The number of hydrazine groups is 1. The largest absolute Gasteiger partial charge is 0.273 e. The van der Waals surface area contributed by atoms with Crippen LogP contribution < -0.4 is 10.4 Å². The van der Waals surface area contributed by atoms with Crippen LogP contribution in [0.2, 0.25) is 0 Å². The molecule has 1 amide bonds. The van der Waals surface area contributed by atoms with Gasteiger partial charge in [-0.05, 0) is 34.0 Å². The molecular weight excluding hydrogens is 270 g/mol. The SMILES string of the molecule is CC(C)C1CC(=O)N(c2ccc(Br)cn2)N1. The Balaban J connectivity index is 2.16. The summed E-state index contributed by atoms with van der Waals surface area (Å²) < 4.78 is 0.906. The second-order valence-electron chi connectivity index (χ2n) is 4.25. The highest BCUT2D eigenvalue weighted by molar-refractivity contribution is 9.10. The summed E-state index contributed by atoms with van der Waals surface area (Å²) in [7, 11) is 0. The second kappa shape index (κ2) is 4.51. The molecule has 1 saturated heterocycles. The lowest BCUT2D eigenvalue weighted by atomic mass is 10.0. The first-order chi connectivity index (χ1) is 7.58. The highest BCUT2D eigenvalue weighted by Crippen LogP contribution is 2.21. The Morgan fingerprint density at radius 2 is 2.31 bits per heavy atom. The molecule has 0 saturated carbocycles. The van der Waals surface area contributed by atoms with Crippen LogP contribution in [0, 0.1) is 5.92 Å². The number of rotatable bonds is 2. The summed E-state index contributed by atoms with van der Waals surface area (Å²) in [6, 6.07) is 3.90. The van der Waals surface area contributed by atoms with Gasteiger partial charge >= 0.3 is 0 Å². The molecule has 1 aliphatic rings. The molecule has 4 nitrogen and oxygen atoms in total. The summed E-state index contributed by atoms with van der Waals surface area (Å²) >= 11 is 3.32. The molecule has 1 unspecified atom stereocenters. The van der Waals surface area contributed by atoms with Gasteiger partial charge in [-0.3, -0.25) is 4.79 Å². The normalized spacial score (nSPS) is 20.9. The zero-order valence-electron chi connectivity index (χ0n) is 9.27. The van der Waals surface area contributed by atoms with Crippen molar-refractivity contribution in [1.29, 1.82) is 0 Å². The molecule has 86 valence electrons. The molecule has 2 heterocycles. The molecule has 2 rings (SSSR count). The van der Waals surface area contributed by atoms with E-state index in [2.05, 4.69) is 40.2 Å². The van der Waals surface area contributed by atoms with Gasteiger partial charge in [0.1, 0.15) is 5.82 Å². The molecule has 0 bridgehead atoms. The van der Waals surface area contributed by atoms with Crippen molar-refractivity contribution in [2.24, 2.45) is 5.92 Å². The molecule has 0 spiro atoms. The van der Waals surface area contributed by atoms with Gasteiger partial charge in [0, 0.05) is 23.1 Å². The van der Waals surface area contributed by atoms with Crippen molar-refractivity contribution >= 4 is 27.7 Å². The fourth-order valence-electron chi connectivity index (χ4n) is 1.64. The maximum Gasteiger partial charge on any atom is 0.244 e. The monoisotopic (exact) mass is 283 g/mol. The molecule has 16 heavy (non-hydrogen) atoms. The third-order valence-electron chi connectivity index (χ3n) is 2.68. The Kier molecular flexibility index (Phi) is 3.25. The van der Waals surface area contributed by atoms with Gasteiger partial charge in [0.15, 0.2) is 0 Å². The molecule has 1 N–H and O–H groups in total. The first kappa shape index (κ1) is 11.5. The average molecular weight is 284 g/mol. The molecule has 0 aromatic carbocycles. The van der Waals surface area contributed by atoms with E-state index in [4.69, 9.17) is 0 Å². The standard InChI is InChI=1S/C11H14BrN3O/c1-7(2)9-5-11(16)15(14-9)10-4-3-8(12)6-13-10/h3-4,6-7,9,14H,5H2,1-2H3. The van der Waals surface area contributed by atoms with E-state index in [1.807, 2.05) is 12.1 Å². The van der Waals surface area contributed by atoms with Crippen LogP contribution in [-0.4, -0.2) is 16.9 Å². The zero-order valence-corrected chi connectivity index (χ0v) is 10.9. The topological polar surface area (TPSA) is 45.2 Å². The van der Waals surface area contributed by atoms with Crippen LogP contribution in [0.5, 0.6) is 0 Å².